The van der Waals surface area contributed by atoms with Crippen LogP contribution in [0.5, 0.6) is 5.75 Å². The van der Waals surface area contributed by atoms with Crippen molar-refractivity contribution in [2.75, 3.05) is 13.2 Å². The van der Waals surface area contributed by atoms with Crippen LogP contribution in [0.1, 0.15) is 39.0 Å². The second kappa shape index (κ2) is 7.53. The molecule has 0 aromatic heterocycles. The minimum atomic E-state index is 0.0781. The van der Waals surface area contributed by atoms with Crippen LogP contribution < -0.4 is 4.74 Å². The Labute approximate surface area is 125 Å². The molecule has 0 aliphatic heterocycles. The molecule has 110 valence electrons. The summed E-state index contributed by atoms with van der Waals surface area (Å²) in [7, 11) is 0. The lowest BCUT2D eigenvalue weighted by Crippen LogP contribution is -2.43. The molecule has 0 heterocycles. The molecule has 1 aromatic carbocycles. The largest absolute Gasteiger partial charge is 0.484 e. The van der Waals surface area contributed by atoms with Gasteiger partial charge in [-0.2, -0.15) is 0 Å². The molecule has 0 bridgehead atoms. The van der Waals surface area contributed by atoms with Crippen LogP contribution in [0.2, 0.25) is 5.02 Å². The Kier molecular flexibility index (Phi) is 5.72. The molecule has 1 aliphatic rings. The van der Waals surface area contributed by atoms with Crippen molar-refractivity contribution in [1.29, 1.82) is 0 Å². The molecular formula is C16H22ClNO2. The molecule has 2 rings (SSSR count). The Hall–Kier alpha value is -1.22. The predicted octanol–water partition coefficient (Wildman–Crippen LogP) is 3.90. The van der Waals surface area contributed by atoms with E-state index in [-0.39, 0.29) is 12.5 Å². The molecule has 3 nitrogen and oxygen atoms in total. The van der Waals surface area contributed by atoms with Crippen LogP contribution in [-0.2, 0) is 4.79 Å². The van der Waals surface area contributed by atoms with Crippen molar-refractivity contribution in [1.82, 2.24) is 4.90 Å². The molecular weight excluding hydrogens is 274 g/mol. The molecule has 1 aromatic rings. The maximum atomic E-state index is 12.3. The Morgan fingerprint density at radius 3 is 2.50 bits per heavy atom. The smallest absolute Gasteiger partial charge is 0.260 e. The number of hydrogen-bond acceptors (Lipinski definition) is 2. The van der Waals surface area contributed by atoms with E-state index in [9.17, 15) is 4.79 Å². The average molecular weight is 296 g/mol. The van der Waals surface area contributed by atoms with E-state index >= 15 is 0 Å². The van der Waals surface area contributed by atoms with Gasteiger partial charge < -0.3 is 9.64 Å². The zero-order valence-electron chi connectivity index (χ0n) is 12.0. The van der Waals surface area contributed by atoms with Crippen molar-refractivity contribution in [3.63, 3.8) is 0 Å². The summed E-state index contributed by atoms with van der Waals surface area (Å²) in [6.07, 6.45) is 6.00. The summed E-state index contributed by atoms with van der Waals surface area (Å²) in [5.74, 6) is 0.761. The molecule has 0 radical (unpaired) electrons. The number of likely N-dealkylation sites (N-methyl/N-ethyl adjacent to an activating group) is 1. The van der Waals surface area contributed by atoms with Gasteiger partial charge in [0, 0.05) is 17.6 Å². The summed E-state index contributed by atoms with van der Waals surface area (Å²) in [6, 6.07) is 7.49. The van der Waals surface area contributed by atoms with Crippen LogP contribution in [0.3, 0.4) is 0 Å². The number of benzene rings is 1. The van der Waals surface area contributed by atoms with Gasteiger partial charge in [0.05, 0.1) is 0 Å². The van der Waals surface area contributed by atoms with Gasteiger partial charge in [0.15, 0.2) is 6.61 Å². The second-order valence-electron chi connectivity index (χ2n) is 5.21. The van der Waals surface area contributed by atoms with E-state index in [1.807, 2.05) is 11.8 Å². The molecule has 0 spiro atoms. The third-order valence-electron chi connectivity index (χ3n) is 3.85. The number of ether oxygens (including phenoxy) is 1. The highest BCUT2D eigenvalue weighted by Gasteiger charge is 2.24. The first-order chi connectivity index (χ1) is 9.70. The molecule has 0 N–H and O–H groups in total. The van der Waals surface area contributed by atoms with Crippen LogP contribution in [0, 0.1) is 0 Å². The highest BCUT2D eigenvalue weighted by Crippen LogP contribution is 2.23. The van der Waals surface area contributed by atoms with E-state index < -0.39 is 0 Å². The molecule has 0 unspecified atom stereocenters. The Balaban J connectivity index is 1.87. The highest BCUT2D eigenvalue weighted by atomic mass is 35.5. The van der Waals surface area contributed by atoms with Crippen LogP contribution in [0.4, 0.5) is 0 Å². The fourth-order valence-corrected chi connectivity index (χ4v) is 2.92. The first kappa shape index (κ1) is 15.2. The monoisotopic (exact) mass is 295 g/mol. The van der Waals surface area contributed by atoms with Gasteiger partial charge in [0.2, 0.25) is 0 Å². The Morgan fingerprint density at radius 1 is 1.25 bits per heavy atom. The van der Waals surface area contributed by atoms with E-state index in [4.69, 9.17) is 16.3 Å². The van der Waals surface area contributed by atoms with Gasteiger partial charge in [-0.1, -0.05) is 30.9 Å². The molecule has 1 aliphatic carbocycles. The summed E-state index contributed by atoms with van der Waals surface area (Å²) in [4.78, 5) is 14.3. The minimum Gasteiger partial charge on any atom is -0.484 e. The molecule has 0 saturated heterocycles. The maximum absolute atomic E-state index is 12.3. The first-order valence-corrected chi connectivity index (χ1v) is 7.76. The van der Waals surface area contributed by atoms with E-state index in [1.54, 1.807) is 24.3 Å². The number of halogens is 1. The SMILES string of the molecule is CCN(C(=O)COc1ccc(Cl)cc1)C1CCCCC1. The van der Waals surface area contributed by atoms with Crippen molar-refractivity contribution >= 4 is 17.5 Å². The van der Waals surface area contributed by atoms with Gasteiger partial charge in [0.1, 0.15) is 5.75 Å². The zero-order chi connectivity index (χ0) is 14.4. The lowest BCUT2D eigenvalue weighted by molar-refractivity contribution is -0.136. The van der Waals surface area contributed by atoms with Crippen LogP contribution >= 0.6 is 11.6 Å². The number of hydrogen-bond donors (Lipinski definition) is 0. The summed E-state index contributed by atoms with van der Waals surface area (Å²) in [5, 5.41) is 0.668. The topological polar surface area (TPSA) is 29.5 Å². The number of rotatable bonds is 5. The van der Waals surface area contributed by atoms with Crippen molar-refractivity contribution in [3.8, 4) is 5.75 Å². The molecule has 1 fully saturated rings. The first-order valence-electron chi connectivity index (χ1n) is 7.38. The van der Waals surface area contributed by atoms with Gasteiger partial charge in [-0.05, 0) is 44.0 Å². The van der Waals surface area contributed by atoms with Crippen LogP contribution in [0.15, 0.2) is 24.3 Å². The zero-order valence-corrected chi connectivity index (χ0v) is 12.7. The quantitative estimate of drug-likeness (QED) is 0.824. The lowest BCUT2D eigenvalue weighted by Gasteiger charge is -2.33. The summed E-state index contributed by atoms with van der Waals surface area (Å²) >= 11 is 5.82. The van der Waals surface area contributed by atoms with E-state index in [1.165, 1.54) is 19.3 Å². The minimum absolute atomic E-state index is 0.0781. The number of amides is 1. The summed E-state index contributed by atoms with van der Waals surface area (Å²) < 4.78 is 5.55. The normalized spacial score (nSPS) is 15.9. The van der Waals surface area contributed by atoms with Crippen molar-refractivity contribution in [2.45, 2.75) is 45.1 Å². The predicted molar refractivity (Wildman–Crippen MR) is 81.2 cm³/mol. The van der Waals surface area contributed by atoms with Crippen molar-refractivity contribution in [3.05, 3.63) is 29.3 Å². The Morgan fingerprint density at radius 2 is 1.90 bits per heavy atom. The van der Waals surface area contributed by atoms with Gasteiger partial charge in [-0.3, -0.25) is 4.79 Å². The van der Waals surface area contributed by atoms with Gasteiger partial charge in [-0.15, -0.1) is 0 Å². The van der Waals surface area contributed by atoms with Crippen LogP contribution in [-0.4, -0.2) is 30.0 Å². The van der Waals surface area contributed by atoms with E-state index in [0.29, 0.717) is 16.8 Å². The molecule has 1 amide bonds. The standard InChI is InChI=1S/C16H22ClNO2/c1-2-18(14-6-4-3-5-7-14)16(19)12-20-15-10-8-13(17)9-11-15/h8-11,14H,2-7,12H2,1H3. The molecule has 1 saturated carbocycles. The fraction of sp³-hybridized carbons (Fsp3) is 0.562. The summed E-state index contributed by atoms with van der Waals surface area (Å²) in [6.45, 7) is 2.90. The fourth-order valence-electron chi connectivity index (χ4n) is 2.79. The molecule has 20 heavy (non-hydrogen) atoms. The second-order valence-corrected chi connectivity index (χ2v) is 5.65. The van der Waals surface area contributed by atoms with E-state index in [2.05, 4.69) is 0 Å². The maximum Gasteiger partial charge on any atom is 0.260 e. The summed E-state index contributed by atoms with van der Waals surface area (Å²) in [5.41, 5.74) is 0. The number of carbonyl (C=O) groups is 1. The van der Waals surface area contributed by atoms with Gasteiger partial charge in [-0.25, -0.2) is 0 Å². The third-order valence-corrected chi connectivity index (χ3v) is 4.10. The highest BCUT2D eigenvalue weighted by molar-refractivity contribution is 6.30. The molecule has 4 heteroatoms. The molecule has 0 atom stereocenters. The Bertz CT molecular complexity index is 427. The van der Waals surface area contributed by atoms with Crippen LogP contribution in [0.25, 0.3) is 0 Å². The van der Waals surface area contributed by atoms with E-state index in [0.717, 1.165) is 19.4 Å². The number of carbonyl (C=O) groups excluding carboxylic acids is 1. The lowest BCUT2D eigenvalue weighted by atomic mass is 9.94. The van der Waals surface area contributed by atoms with Crippen molar-refractivity contribution in [2.24, 2.45) is 0 Å². The average Bonchev–Trinajstić information content (AvgIpc) is 2.48. The number of nitrogens with zero attached hydrogens (tertiary/aromatic N) is 1. The van der Waals surface area contributed by atoms with Gasteiger partial charge >= 0.3 is 0 Å². The van der Waals surface area contributed by atoms with Crippen molar-refractivity contribution < 1.29 is 9.53 Å². The third kappa shape index (κ3) is 4.14. The van der Waals surface area contributed by atoms with Gasteiger partial charge in [0.25, 0.3) is 5.91 Å².